The summed E-state index contributed by atoms with van der Waals surface area (Å²) in [5, 5.41) is 10.1. The zero-order valence-corrected chi connectivity index (χ0v) is 17.4. The Morgan fingerprint density at radius 3 is 2.03 bits per heavy atom. The summed E-state index contributed by atoms with van der Waals surface area (Å²) in [5.41, 5.74) is 5.76. The lowest BCUT2D eigenvalue weighted by Gasteiger charge is -2.20. The Balaban J connectivity index is 0.000000269. The quantitative estimate of drug-likeness (QED) is 0.690. The molecule has 2 aromatic carbocycles. The van der Waals surface area contributed by atoms with Crippen LogP contribution in [0.15, 0.2) is 48.5 Å². The van der Waals surface area contributed by atoms with Crippen LogP contribution in [0.4, 0.5) is 4.79 Å². The molecule has 1 amide bonds. The molecule has 3 N–H and O–H groups in total. The van der Waals surface area contributed by atoms with Crippen molar-refractivity contribution in [1.29, 1.82) is 0 Å². The molecule has 1 aliphatic carbocycles. The monoisotopic (exact) mass is 415 g/mol. The maximum atomic E-state index is 12.3. The first-order valence-corrected chi connectivity index (χ1v) is 9.91. The van der Waals surface area contributed by atoms with Crippen LogP contribution in [0.1, 0.15) is 54.1 Å². The maximum Gasteiger partial charge on any atom is 0.404 e. The molecule has 1 unspecified atom stereocenters. The summed E-state index contributed by atoms with van der Waals surface area (Å²) in [6.45, 7) is 0. The highest BCUT2D eigenvalue weighted by Gasteiger charge is 2.20. The van der Waals surface area contributed by atoms with Gasteiger partial charge in [0.2, 0.25) is 0 Å². The highest BCUT2D eigenvalue weighted by atomic mass is 16.6. The molecule has 0 radical (unpaired) electrons. The lowest BCUT2D eigenvalue weighted by Crippen LogP contribution is -2.24. The van der Waals surface area contributed by atoms with Gasteiger partial charge in [0.05, 0.1) is 14.2 Å². The van der Waals surface area contributed by atoms with Gasteiger partial charge in [0.15, 0.2) is 5.78 Å². The van der Waals surface area contributed by atoms with Gasteiger partial charge in [0.1, 0.15) is 23.7 Å². The van der Waals surface area contributed by atoms with Gasteiger partial charge in [-0.1, -0.05) is 36.8 Å². The number of aliphatic hydroxyl groups excluding tert-OH is 1. The average molecular weight is 415 g/mol. The Bertz CT molecular complexity index is 795. The van der Waals surface area contributed by atoms with Gasteiger partial charge >= 0.3 is 6.09 Å². The molecule has 1 atom stereocenters. The predicted molar refractivity (Wildman–Crippen MR) is 113 cm³/mol. The van der Waals surface area contributed by atoms with Gasteiger partial charge in [0.25, 0.3) is 0 Å². The van der Waals surface area contributed by atoms with Crippen molar-refractivity contribution in [2.24, 2.45) is 5.73 Å². The number of carbonyl (C=O) groups is 2. The van der Waals surface area contributed by atoms with Crippen LogP contribution in [0.2, 0.25) is 0 Å². The number of primary amides is 1. The van der Waals surface area contributed by atoms with Crippen molar-refractivity contribution < 1.29 is 28.9 Å². The normalized spacial score (nSPS) is 14.6. The third-order valence-electron chi connectivity index (χ3n) is 4.83. The van der Waals surface area contributed by atoms with E-state index in [-0.39, 0.29) is 6.10 Å². The highest BCUT2D eigenvalue weighted by Crippen LogP contribution is 2.26. The van der Waals surface area contributed by atoms with Crippen LogP contribution < -0.4 is 15.2 Å². The summed E-state index contributed by atoms with van der Waals surface area (Å²) in [7, 11) is 3.02. The number of ketones is 1. The van der Waals surface area contributed by atoms with Gasteiger partial charge in [0, 0.05) is 11.6 Å². The minimum absolute atomic E-state index is 0.103. The number of nitrogens with two attached hydrogens (primary N) is 1. The molecule has 0 heterocycles. The van der Waals surface area contributed by atoms with E-state index in [2.05, 4.69) is 0 Å². The summed E-state index contributed by atoms with van der Waals surface area (Å²) in [5.74, 6) is 0.620. The number of benzene rings is 2. The highest BCUT2D eigenvalue weighted by molar-refractivity contribution is 6.00. The molecule has 7 heteroatoms. The van der Waals surface area contributed by atoms with Gasteiger partial charge in [-0.05, 0) is 43.4 Å². The van der Waals surface area contributed by atoms with E-state index < -0.39 is 18.0 Å². The van der Waals surface area contributed by atoms with Crippen molar-refractivity contribution in [3.63, 3.8) is 0 Å². The molecule has 0 saturated heterocycles. The summed E-state index contributed by atoms with van der Waals surface area (Å²) >= 11 is 0. The van der Waals surface area contributed by atoms with E-state index in [1.54, 1.807) is 42.5 Å². The first kappa shape index (κ1) is 23.2. The Hall–Kier alpha value is -3.06. The summed E-state index contributed by atoms with van der Waals surface area (Å²) in [4.78, 5) is 22.6. The topological polar surface area (TPSA) is 108 Å². The van der Waals surface area contributed by atoms with Crippen LogP contribution in [0.5, 0.6) is 11.5 Å². The Morgan fingerprint density at radius 1 is 0.967 bits per heavy atom. The molecular weight excluding hydrogens is 386 g/mol. The lowest BCUT2D eigenvalue weighted by atomic mass is 9.98. The van der Waals surface area contributed by atoms with Crippen LogP contribution in [0, 0.1) is 0 Å². The molecule has 0 spiro atoms. The SMILES string of the molecule is COc1cc(OC)cc(C(=O)C(O)c2ccccc2)c1.NC(=O)OC1CCCCC1. The van der Waals surface area contributed by atoms with Crippen LogP contribution in [0.25, 0.3) is 0 Å². The second-order valence-electron chi connectivity index (χ2n) is 6.98. The largest absolute Gasteiger partial charge is 0.497 e. The Morgan fingerprint density at radius 2 is 1.53 bits per heavy atom. The van der Waals surface area contributed by atoms with E-state index in [9.17, 15) is 14.7 Å². The van der Waals surface area contributed by atoms with E-state index >= 15 is 0 Å². The number of ether oxygens (including phenoxy) is 3. The summed E-state index contributed by atoms with van der Waals surface area (Å²) < 4.78 is 15.1. The molecule has 0 aliphatic heterocycles. The van der Waals surface area contributed by atoms with Crippen molar-refractivity contribution in [3.05, 3.63) is 59.7 Å². The van der Waals surface area contributed by atoms with Crippen molar-refractivity contribution in [2.75, 3.05) is 14.2 Å². The van der Waals surface area contributed by atoms with Crippen molar-refractivity contribution in [2.45, 2.75) is 44.3 Å². The zero-order chi connectivity index (χ0) is 21.9. The van der Waals surface area contributed by atoms with Gasteiger partial charge in [-0.25, -0.2) is 4.79 Å². The number of carbonyl (C=O) groups excluding carboxylic acids is 2. The predicted octanol–water partition coefficient (Wildman–Crippen LogP) is 4.03. The third kappa shape index (κ3) is 7.08. The average Bonchev–Trinajstić information content (AvgIpc) is 2.79. The van der Waals surface area contributed by atoms with E-state index in [0.717, 1.165) is 25.7 Å². The second-order valence-corrected chi connectivity index (χ2v) is 6.98. The lowest BCUT2D eigenvalue weighted by molar-refractivity contribution is 0.0746. The smallest absolute Gasteiger partial charge is 0.404 e. The van der Waals surface area contributed by atoms with E-state index in [0.29, 0.717) is 22.6 Å². The third-order valence-corrected chi connectivity index (χ3v) is 4.83. The summed E-state index contributed by atoms with van der Waals surface area (Å²) in [6.07, 6.45) is 3.84. The maximum absolute atomic E-state index is 12.3. The van der Waals surface area contributed by atoms with Crippen LogP contribution in [-0.2, 0) is 4.74 Å². The fraction of sp³-hybridized carbons (Fsp3) is 0.391. The van der Waals surface area contributed by atoms with Crippen LogP contribution in [0.3, 0.4) is 0 Å². The molecule has 0 aromatic heterocycles. The van der Waals surface area contributed by atoms with Crippen molar-refractivity contribution >= 4 is 11.9 Å². The number of amides is 1. The number of hydrogen-bond donors (Lipinski definition) is 2. The molecule has 30 heavy (non-hydrogen) atoms. The molecular formula is C23H29NO6. The minimum atomic E-state index is -1.20. The first-order valence-electron chi connectivity index (χ1n) is 9.91. The minimum Gasteiger partial charge on any atom is -0.497 e. The molecule has 162 valence electrons. The van der Waals surface area contributed by atoms with Gasteiger partial charge in [-0.15, -0.1) is 0 Å². The van der Waals surface area contributed by atoms with Crippen molar-refractivity contribution in [1.82, 2.24) is 0 Å². The number of hydrogen-bond acceptors (Lipinski definition) is 6. The molecule has 1 fully saturated rings. The first-order chi connectivity index (χ1) is 14.4. The number of rotatable bonds is 6. The van der Waals surface area contributed by atoms with Gasteiger partial charge < -0.3 is 25.1 Å². The van der Waals surface area contributed by atoms with E-state index in [1.165, 1.54) is 20.6 Å². The Labute approximate surface area is 176 Å². The fourth-order valence-electron chi connectivity index (χ4n) is 3.24. The van der Waals surface area contributed by atoms with Crippen molar-refractivity contribution in [3.8, 4) is 11.5 Å². The molecule has 0 bridgehead atoms. The number of Topliss-reactive ketones (excluding diaryl/α,β-unsaturated/α-hetero) is 1. The fourth-order valence-corrected chi connectivity index (χ4v) is 3.24. The number of aliphatic hydroxyl groups is 1. The standard InChI is InChI=1S/C16H16O4.C7H13NO2/c1-19-13-8-12(9-14(10-13)20-2)16(18)15(17)11-6-4-3-5-7-11;8-7(9)10-6-4-2-1-3-5-6/h3-10,15,17H,1-2H3;6H,1-5H2,(H2,8,9). The number of methoxy groups -OCH3 is 2. The zero-order valence-electron chi connectivity index (χ0n) is 17.4. The van der Waals surface area contributed by atoms with E-state index in [1.807, 2.05) is 6.07 Å². The van der Waals surface area contributed by atoms with Crippen LogP contribution >= 0.6 is 0 Å². The van der Waals surface area contributed by atoms with Crippen LogP contribution in [-0.4, -0.2) is 37.3 Å². The molecule has 1 aliphatic rings. The molecule has 2 aromatic rings. The van der Waals surface area contributed by atoms with E-state index in [4.69, 9.17) is 19.9 Å². The van der Waals surface area contributed by atoms with Gasteiger partial charge in [-0.2, -0.15) is 0 Å². The molecule has 1 saturated carbocycles. The molecule has 7 nitrogen and oxygen atoms in total. The Kier molecular flexibility index (Phi) is 9.15. The van der Waals surface area contributed by atoms with Gasteiger partial charge in [-0.3, -0.25) is 4.79 Å². The summed E-state index contributed by atoms with van der Waals surface area (Å²) in [6, 6.07) is 13.6. The molecule has 3 rings (SSSR count). The second kappa shape index (κ2) is 11.8.